The van der Waals surface area contributed by atoms with Crippen LogP contribution in [0.1, 0.15) is 47.3 Å². The number of hydrogen-bond donors (Lipinski definition) is 0. The van der Waals surface area contributed by atoms with Crippen LogP contribution in [0.4, 0.5) is 0 Å². The molecule has 1 atom stereocenters. The first-order chi connectivity index (χ1) is 12.5. The Hall–Kier alpha value is -0.920. The fourth-order valence-electron chi connectivity index (χ4n) is 3.99. The maximum Gasteiger partial charge on any atom is 0.264 e. The van der Waals surface area contributed by atoms with E-state index in [1.165, 1.54) is 23.1 Å². The zero-order chi connectivity index (χ0) is 19.8. The third kappa shape index (κ3) is 5.33. The summed E-state index contributed by atoms with van der Waals surface area (Å²) in [4.78, 5) is 19.3. The molecular formula is C20H32N2O3S2. The van der Waals surface area contributed by atoms with E-state index in [1.54, 1.807) is 11.3 Å². The molecule has 27 heavy (non-hydrogen) atoms. The standard InChI is InChI=1S/C20H32N2O3S2/c1-20(2,3)16-5-6-17-15(13-16)14-18(26-17)19(23)22-9-7-21(8-10-22)11-12-27(4,24)25/h14,16H,5-13H2,1-4H3. The highest BCUT2D eigenvalue weighted by atomic mass is 32.2. The summed E-state index contributed by atoms with van der Waals surface area (Å²) in [7, 11) is -2.93. The van der Waals surface area contributed by atoms with E-state index in [1.807, 2.05) is 4.90 Å². The Kier molecular flexibility index (Phi) is 6.04. The van der Waals surface area contributed by atoms with Crippen molar-refractivity contribution < 1.29 is 13.2 Å². The zero-order valence-electron chi connectivity index (χ0n) is 17.0. The van der Waals surface area contributed by atoms with E-state index in [0.29, 0.717) is 31.0 Å². The Labute approximate surface area is 167 Å². The molecule has 5 nitrogen and oxygen atoms in total. The number of amides is 1. The van der Waals surface area contributed by atoms with Crippen molar-refractivity contribution in [1.82, 2.24) is 9.80 Å². The maximum atomic E-state index is 12.9. The first-order valence-electron chi connectivity index (χ1n) is 9.84. The normalized spacial score (nSPS) is 21.9. The van der Waals surface area contributed by atoms with Crippen molar-refractivity contribution in [1.29, 1.82) is 0 Å². The third-order valence-corrected chi connectivity index (χ3v) is 8.11. The summed E-state index contributed by atoms with van der Waals surface area (Å²) >= 11 is 1.68. The van der Waals surface area contributed by atoms with Crippen molar-refractivity contribution in [2.75, 3.05) is 44.7 Å². The Morgan fingerprint density at radius 2 is 1.89 bits per heavy atom. The van der Waals surface area contributed by atoms with Gasteiger partial charge in [-0.2, -0.15) is 0 Å². The van der Waals surface area contributed by atoms with Crippen molar-refractivity contribution >= 4 is 27.1 Å². The molecule has 3 rings (SSSR count). The van der Waals surface area contributed by atoms with Gasteiger partial charge in [-0.25, -0.2) is 8.42 Å². The van der Waals surface area contributed by atoms with Crippen molar-refractivity contribution in [3.63, 3.8) is 0 Å². The quantitative estimate of drug-likeness (QED) is 0.763. The van der Waals surface area contributed by atoms with Crippen LogP contribution in [-0.4, -0.2) is 68.9 Å². The van der Waals surface area contributed by atoms with Gasteiger partial charge in [-0.3, -0.25) is 9.69 Å². The number of sulfone groups is 1. The van der Waals surface area contributed by atoms with E-state index in [2.05, 4.69) is 31.7 Å². The SMILES string of the molecule is CC(C)(C)C1CCc2sc(C(=O)N3CCN(CCS(C)(=O)=O)CC3)cc2C1. The Balaban J connectivity index is 1.58. The number of hydrogen-bond acceptors (Lipinski definition) is 5. The van der Waals surface area contributed by atoms with Crippen LogP contribution in [0.5, 0.6) is 0 Å². The minimum atomic E-state index is -2.93. The van der Waals surface area contributed by atoms with E-state index >= 15 is 0 Å². The van der Waals surface area contributed by atoms with Gasteiger partial charge in [0.2, 0.25) is 0 Å². The molecule has 1 saturated heterocycles. The monoisotopic (exact) mass is 412 g/mol. The van der Waals surface area contributed by atoms with Crippen LogP contribution in [0.3, 0.4) is 0 Å². The molecule has 0 saturated carbocycles. The lowest BCUT2D eigenvalue weighted by atomic mass is 9.72. The Morgan fingerprint density at radius 3 is 2.48 bits per heavy atom. The second kappa shape index (κ2) is 7.84. The Bertz CT molecular complexity index is 785. The highest BCUT2D eigenvalue weighted by molar-refractivity contribution is 7.90. The largest absolute Gasteiger partial charge is 0.335 e. The highest BCUT2D eigenvalue weighted by Crippen LogP contribution is 2.40. The molecule has 1 aliphatic carbocycles. The molecule has 1 unspecified atom stereocenters. The summed E-state index contributed by atoms with van der Waals surface area (Å²) in [5, 5.41) is 0. The van der Waals surface area contributed by atoms with E-state index in [0.717, 1.165) is 30.8 Å². The summed E-state index contributed by atoms with van der Waals surface area (Å²) in [6, 6.07) is 2.14. The molecule has 1 amide bonds. The molecule has 0 radical (unpaired) electrons. The van der Waals surface area contributed by atoms with Crippen LogP contribution in [0, 0.1) is 11.3 Å². The smallest absolute Gasteiger partial charge is 0.264 e. The zero-order valence-corrected chi connectivity index (χ0v) is 18.6. The van der Waals surface area contributed by atoms with E-state index in [-0.39, 0.29) is 11.7 Å². The fraction of sp³-hybridized carbons (Fsp3) is 0.750. The summed E-state index contributed by atoms with van der Waals surface area (Å²) in [6.07, 6.45) is 4.66. The molecule has 7 heteroatoms. The van der Waals surface area contributed by atoms with Crippen LogP contribution < -0.4 is 0 Å². The number of carbonyl (C=O) groups is 1. The molecule has 1 fully saturated rings. The second-order valence-electron chi connectivity index (χ2n) is 9.13. The number of aryl methyl sites for hydroxylation is 1. The fourth-order valence-corrected chi connectivity index (χ4v) is 5.76. The van der Waals surface area contributed by atoms with Crippen LogP contribution in [-0.2, 0) is 22.7 Å². The van der Waals surface area contributed by atoms with Gasteiger partial charge in [0.05, 0.1) is 10.6 Å². The van der Waals surface area contributed by atoms with Crippen molar-refractivity contribution in [3.05, 3.63) is 21.4 Å². The molecule has 2 heterocycles. The Morgan fingerprint density at radius 1 is 1.22 bits per heavy atom. The van der Waals surface area contributed by atoms with Gasteiger partial charge in [0.15, 0.2) is 0 Å². The molecule has 0 bridgehead atoms. The van der Waals surface area contributed by atoms with E-state index in [4.69, 9.17) is 0 Å². The molecule has 0 aromatic carbocycles. The molecule has 0 spiro atoms. The van der Waals surface area contributed by atoms with Gasteiger partial charge < -0.3 is 4.90 Å². The molecule has 152 valence electrons. The van der Waals surface area contributed by atoms with Gasteiger partial charge in [0.25, 0.3) is 5.91 Å². The van der Waals surface area contributed by atoms with Gasteiger partial charge in [-0.05, 0) is 42.2 Å². The minimum absolute atomic E-state index is 0.143. The van der Waals surface area contributed by atoms with Crippen molar-refractivity contribution in [2.24, 2.45) is 11.3 Å². The van der Waals surface area contributed by atoms with Gasteiger partial charge in [-0.1, -0.05) is 20.8 Å². The van der Waals surface area contributed by atoms with Crippen LogP contribution >= 0.6 is 11.3 Å². The summed E-state index contributed by atoms with van der Waals surface area (Å²) in [5.74, 6) is 1.01. The summed E-state index contributed by atoms with van der Waals surface area (Å²) in [5.41, 5.74) is 1.69. The summed E-state index contributed by atoms with van der Waals surface area (Å²) < 4.78 is 22.6. The van der Waals surface area contributed by atoms with Gasteiger partial charge in [-0.15, -0.1) is 11.3 Å². The van der Waals surface area contributed by atoms with Crippen molar-refractivity contribution in [3.8, 4) is 0 Å². The lowest BCUT2D eigenvalue weighted by Gasteiger charge is -2.34. The predicted molar refractivity (Wildman–Crippen MR) is 111 cm³/mol. The minimum Gasteiger partial charge on any atom is -0.335 e. The number of carbonyl (C=O) groups excluding carboxylic acids is 1. The average molecular weight is 413 g/mol. The van der Waals surface area contributed by atoms with Gasteiger partial charge in [0, 0.05) is 43.9 Å². The van der Waals surface area contributed by atoms with Crippen LogP contribution in [0.15, 0.2) is 6.07 Å². The van der Waals surface area contributed by atoms with E-state index in [9.17, 15) is 13.2 Å². The average Bonchev–Trinajstić information content (AvgIpc) is 3.01. The molecule has 1 aromatic rings. The first-order valence-corrected chi connectivity index (χ1v) is 12.7. The number of thiophene rings is 1. The molecular weight excluding hydrogens is 380 g/mol. The third-order valence-electron chi connectivity index (χ3n) is 5.96. The molecule has 1 aromatic heterocycles. The predicted octanol–water partition coefficient (Wildman–Crippen LogP) is 2.70. The summed E-state index contributed by atoms with van der Waals surface area (Å²) in [6.45, 7) is 10.3. The number of nitrogens with zero attached hydrogens (tertiary/aromatic N) is 2. The van der Waals surface area contributed by atoms with Crippen molar-refractivity contribution in [2.45, 2.75) is 40.0 Å². The van der Waals surface area contributed by atoms with Crippen LogP contribution in [0.25, 0.3) is 0 Å². The van der Waals surface area contributed by atoms with Crippen LogP contribution in [0.2, 0.25) is 0 Å². The number of fused-ring (bicyclic) bond motifs is 1. The van der Waals surface area contributed by atoms with Gasteiger partial charge in [0.1, 0.15) is 9.84 Å². The lowest BCUT2D eigenvalue weighted by molar-refractivity contribution is 0.0649. The number of rotatable bonds is 4. The second-order valence-corrected chi connectivity index (χ2v) is 12.5. The van der Waals surface area contributed by atoms with Gasteiger partial charge >= 0.3 is 0 Å². The molecule has 1 aliphatic heterocycles. The topological polar surface area (TPSA) is 57.7 Å². The molecule has 2 aliphatic rings. The van der Waals surface area contributed by atoms with E-state index < -0.39 is 9.84 Å². The first kappa shape index (κ1) is 20.8. The highest BCUT2D eigenvalue weighted by Gasteiger charge is 2.31. The number of piperazine rings is 1. The molecule has 0 N–H and O–H groups in total. The maximum absolute atomic E-state index is 12.9. The lowest BCUT2D eigenvalue weighted by Crippen LogP contribution is -2.49.